The number of hydrogen-bond acceptors (Lipinski definition) is 5. The fraction of sp³-hybridized carbons (Fsp3) is 0.600. The first kappa shape index (κ1) is 13.8. The minimum atomic E-state index is 0.359. The summed E-state index contributed by atoms with van der Waals surface area (Å²) in [4.78, 5) is 4.64. The molecule has 2 atom stereocenters. The van der Waals surface area contributed by atoms with Gasteiger partial charge in [0, 0.05) is 17.0 Å². The molecule has 1 aliphatic rings. The number of rotatable bonds is 4. The van der Waals surface area contributed by atoms with E-state index in [0.29, 0.717) is 12.0 Å². The molecule has 0 saturated heterocycles. The maximum absolute atomic E-state index is 5.56. The van der Waals surface area contributed by atoms with Crippen LogP contribution >= 0.6 is 11.3 Å². The Morgan fingerprint density at radius 3 is 3.05 bits per heavy atom. The van der Waals surface area contributed by atoms with Gasteiger partial charge < -0.3 is 9.84 Å². The number of hydrogen-bond donors (Lipinski definition) is 1. The third-order valence-corrected chi connectivity index (χ3v) is 4.70. The van der Waals surface area contributed by atoms with Crippen molar-refractivity contribution in [1.82, 2.24) is 15.5 Å². The quantitative estimate of drug-likeness (QED) is 0.870. The maximum atomic E-state index is 5.56. The highest BCUT2D eigenvalue weighted by molar-refractivity contribution is 7.08. The van der Waals surface area contributed by atoms with E-state index >= 15 is 0 Å². The first-order valence-corrected chi connectivity index (χ1v) is 8.42. The van der Waals surface area contributed by atoms with Crippen molar-refractivity contribution >= 4 is 11.3 Å². The van der Waals surface area contributed by atoms with E-state index < -0.39 is 0 Å². The van der Waals surface area contributed by atoms with Gasteiger partial charge in [0.15, 0.2) is 0 Å². The molecule has 1 N–H and O–H groups in total. The van der Waals surface area contributed by atoms with Crippen molar-refractivity contribution in [2.45, 2.75) is 51.0 Å². The number of nitrogens with zero attached hydrogens (tertiary/aromatic N) is 2. The zero-order valence-corrected chi connectivity index (χ0v) is 12.7. The molecule has 2 aromatic heterocycles. The van der Waals surface area contributed by atoms with E-state index in [1.807, 2.05) is 11.4 Å². The van der Waals surface area contributed by atoms with E-state index in [4.69, 9.17) is 4.52 Å². The van der Waals surface area contributed by atoms with Gasteiger partial charge in [0.25, 0.3) is 0 Å². The fourth-order valence-electron chi connectivity index (χ4n) is 3.00. The van der Waals surface area contributed by atoms with Gasteiger partial charge in [0.05, 0.1) is 5.92 Å². The molecule has 20 heavy (non-hydrogen) atoms. The van der Waals surface area contributed by atoms with Crippen LogP contribution < -0.4 is 5.32 Å². The molecule has 1 saturated carbocycles. The molecular formula is C15H21N3OS. The van der Waals surface area contributed by atoms with Crippen LogP contribution in [0.1, 0.15) is 50.8 Å². The van der Waals surface area contributed by atoms with Crippen LogP contribution in [-0.2, 0) is 0 Å². The molecular weight excluding hydrogens is 270 g/mol. The van der Waals surface area contributed by atoms with Crippen LogP contribution in [0.25, 0.3) is 11.4 Å². The van der Waals surface area contributed by atoms with Crippen LogP contribution in [0.3, 0.4) is 0 Å². The fourth-order valence-corrected chi connectivity index (χ4v) is 3.64. The number of nitrogens with one attached hydrogen (secondary N) is 1. The highest BCUT2D eigenvalue weighted by Crippen LogP contribution is 2.32. The lowest BCUT2D eigenvalue weighted by Crippen LogP contribution is -2.34. The standard InChI is InChI=1S/C15H21N3OS/c1-2-16-13-7-5-3-4-6-12(13)15-17-14(18-19-15)11-8-9-20-10-11/h8-10,12-13,16H,2-7H2,1H3. The van der Waals surface area contributed by atoms with Gasteiger partial charge in [-0.05, 0) is 30.8 Å². The van der Waals surface area contributed by atoms with Crippen molar-refractivity contribution in [2.75, 3.05) is 6.54 Å². The molecule has 5 heteroatoms. The summed E-state index contributed by atoms with van der Waals surface area (Å²) >= 11 is 1.66. The maximum Gasteiger partial charge on any atom is 0.231 e. The molecule has 2 aromatic rings. The van der Waals surface area contributed by atoms with Gasteiger partial charge in [0.1, 0.15) is 0 Å². The molecule has 3 rings (SSSR count). The van der Waals surface area contributed by atoms with Gasteiger partial charge in [-0.3, -0.25) is 0 Å². The van der Waals surface area contributed by atoms with Crippen LogP contribution in [0, 0.1) is 0 Å². The zero-order chi connectivity index (χ0) is 13.8. The van der Waals surface area contributed by atoms with Crippen molar-refractivity contribution in [3.63, 3.8) is 0 Å². The van der Waals surface area contributed by atoms with E-state index in [0.717, 1.165) is 30.2 Å². The molecule has 0 amide bonds. The Bertz CT molecular complexity index is 523. The minimum absolute atomic E-state index is 0.359. The Balaban J connectivity index is 1.82. The van der Waals surface area contributed by atoms with Gasteiger partial charge in [-0.15, -0.1) is 0 Å². The number of likely N-dealkylation sites (N-methyl/N-ethyl adjacent to an activating group) is 1. The average Bonchev–Trinajstić information content (AvgIpc) is 3.09. The summed E-state index contributed by atoms with van der Waals surface area (Å²) in [5.74, 6) is 1.89. The second-order valence-corrected chi connectivity index (χ2v) is 6.16. The van der Waals surface area contributed by atoms with Crippen LogP contribution in [0.4, 0.5) is 0 Å². The van der Waals surface area contributed by atoms with Gasteiger partial charge in [0.2, 0.25) is 11.7 Å². The lowest BCUT2D eigenvalue weighted by Gasteiger charge is -2.22. The first-order chi connectivity index (χ1) is 9.88. The molecule has 0 spiro atoms. The molecule has 4 nitrogen and oxygen atoms in total. The van der Waals surface area contributed by atoms with Gasteiger partial charge >= 0.3 is 0 Å². The third kappa shape index (κ3) is 2.94. The lowest BCUT2D eigenvalue weighted by molar-refractivity contribution is 0.306. The van der Waals surface area contributed by atoms with E-state index in [1.54, 1.807) is 11.3 Å². The van der Waals surface area contributed by atoms with Crippen LogP contribution in [0.15, 0.2) is 21.3 Å². The normalized spacial score (nSPS) is 23.6. The Morgan fingerprint density at radius 2 is 2.25 bits per heavy atom. The van der Waals surface area contributed by atoms with Gasteiger partial charge in [-0.1, -0.05) is 31.3 Å². The summed E-state index contributed by atoms with van der Waals surface area (Å²) in [6.45, 7) is 3.15. The molecule has 1 fully saturated rings. The van der Waals surface area contributed by atoms with E-state index in [1.165, 1.54) is 25.7 Å². The van der Waals surface area contributed by atoms with Crippen LogP contribution in [-0.4, -0.2) is 22.7 Å². The van der Waals surface area contributed by atoms with E-state index in [9.17, 15) is 0 Å². The first-order valence-electron chi connectivity index (χ1n) is 7.48. The summed E-state index contributed by atoms with van der Waals surface area (Å²) in [6, 6.07) is 2.51. The smallest absolute Gasteiger partial charge is 0.231 e. The SMILES string of the molecule is CCNC1CCCCCC1c1nc(-c2ccsc2)no1. The zero-order valence-electron chi connectivity index (χ0n) is 11.8. The molecule has 0 bridgehead atoms. The van der Waals surface area contributed by atoms with Crippen molar-refractivity contribution in [1.29, 1.82) is 0 Å². The second-order valence-electron chi connectivity index (χ2n) is 5.38. The Hall–Kier alpha value is -1.20. The molecule has 2 unspecified atom stereocenters. The molecule has 2 heterocycles. The monoisotopic (exact) mass is 291 g/mol. The Labute approximate surface area is 123 Å². The summed E-state index contributed by atoms with van der Waals surface area (Å²) in [5, 5.41) is 11.8. The molecule has 1 aliphatic carbocycles. The Kier molecular flexibility index (Phi) is 4.47. The van der Waals surface area contributed by atoms with Gasteiger partial charge in [-0.2, -0.15) is 16.3 Å². The summed E-state index contributed by atoms with van der Waals surface area (Å²) in [7, 11) is 0. The topological polar surface area (TPSA) is 51.0 Å². The lowest BCUT2D eigenvalue weighted by atomic mass is 9.94. The van der Waals surface area contributed by atoms with Crippen molar-refractivity contribution in [3.05, 3.63) is 22.7 Å². The van der Waals surface area contributed by atoms with Crippen molar-refractivity contribution in [2.24, 2.45) is 0 Å². The Morgan fingerprint density at radius 1 is 1.35 bits per heavy atom. The predicted molar refractivity (Wildman–Crippen MR) is 80.9 cm³/mol. The summed E-state index contributed by atoms with van der Waals surface area (Å²) < 4.78 is 5.56. The highest BCUT2D eigenvalue weighted by atomic mass is 32.1. The minimum Gasteiger partial charge on any atom is -0.339 e. The van der Waals surface area contributed by atoms with Crippen molar-refractivity contribution in [3.8, 4) is 11.4 Å². The predicted octanol–water partition coefficient (Wildman–Crippen LogP) is 3.82. The van der Waals surface area contributed by atoms with Gasteiger partial charge in [-0.25, -0.2) is 0 Å². The third-order valence-electron chi connectivity index (χ3n) is 4.02. The average molecular weight is 291 g/mol. The number of aromatic nitrogens is 2. The molecule has 0 aromatic carbocycles. The van der Waals surface area contributed by atoms with E-state index in [-0.39, 0.29) is 0 Å². The van der Waals surface area contributed by atoms with Crippen LogP contribution in [0.2, 0.25) is 0 Å². The molecule has 0 aliphatic heterocycles. The highest BCUT2D eigenvalue weighted by Gasteiger charge is 2.29. The summed E-state index contributed by atoms with van der Waals surface area (Å²) in [6.07, 6.45) is 6.20. The second kappa shape index (κ2) is 6.50. The molecule has 108 valence electrons. The largest absolute Gasteiger partial charge is 0.339 e. The number of thiophene rings is 1. The molecule has 0 radical (unpaired) electrons. The van der Waals surface area contributed by atoms with E-state index in [2.05, 4.69) is 27.8 Å². The van der Waals surface area contributed by atoms with Crippen LogP contribution in [0.5, 0.6) is 0 Å². The summed E-state index contributed by atoms with van der Waals surface area (Å²) in [5.41, 5.74) is 1.05. The van der Waals surface area contributed by atoms with Crippen molar-refractivity contribution < 1.29 is 4.52 Å².